The maximum atomic E-state index is 12.7. The highest BCUT2D eigenvalue weighted by Gasteiger charge is 2.30. The zero-order chi connectivity index (χ0) is 16.1. The van der Waals surface area contributed by atoms with Gasteiger partial charge in [0.05, 0.1) is 0 Å². The fourth-order valence-electron chi connectivity index (χ4n) is 4.14. The van der Waals surface area contributed by atoms with Crippen molar-refractivity contribution in [3.63, 3.8) is 0 Å². The predicted molar refractivity (Wildman–Crippen MR) is 90.8 cm³/mol. The smallest absolute Gasteiger partial charge is 0.225 e. The molecule has 2 saturated heterocycles. The second-order valence-electron chi connectivity index (χ2n) is 7.36. The molecule has 3 rings (SSSR count). The van der Waals surface area contributed by atoms with Gasteiger partial charge in [-0.2, -0.15) is 0 Å². The van der Waals surface area contributed by atoms with Crippen molar-refractivity contribution in [3.05, 3.63) is 12.2 Å². The molecule has 2 fully saturated rings. The molecule has 1 aliphatic carbocycles. The zero-order valence-corrected chi connectivity index (χ0v) is 14.2. The summed E-state index contributed by atoms with van der Waals surface area (Å²) < 4.78 is 0. The molecule has 1 unspecified atom stereocenters. The van der Waals surface area contributed by atoms with Crippen LogP contribution < -0.4 is 0 Å². The van der Waals surface area contributed by atoms with E-state index in [4.69, 9.17) is 0 Å². The van der Waals surface area contributed by atoms with Gasteiger partial charge < -0.3 is 9.80 Å². The van der Waals surface area contributed by atoms with Crippen LogP contribution in [0.4, 0.5) is 0 Å². The average molecular weight is 318 g/mol. The van der Waals surface area contributed by atoms with Crippen molar-refractivity contribution in [2.75, 3.05) is 26.2 Å². The predicted octanol–water partition coefficient (Wildman–Crippen LogP) is 2.98. The number of piperidine rings is 1. The molecule has 2 amide bonds. The van der Waals surface area contributed by atoms with Crippen molar-refractivity contribution in [3.8, 4) is 0 Å². The number of carbonyl (C=O) groups excluding carboxylic acids is 2. The molecule has 0 aromatic heterocycles. The molecule has 0 saturated carbocycles. The molecule has 3 aliphatic rings. The van der Waals surface area contributed by atoms with Crippen LogP contribution in [0.25, 0.3) is 0 Å². The van der Waals surface area contributed by atoms with Crippen molar-refractivity contribution in [2.45, 2.75) is 57.8 Å². The van der Waals surface area contributed by atoms with Gasteiger partial charge in [-0.3, -0.25) is 9.59 Å². The third-order valence-electron chi connectivity index (χ3n) is 5.66. The van der Waals surface area contributed by atoms with Gasteiger partial charge in [-0.25, -0.2) is 0 Å². The molecule has 2 heterocycles. The summed E-state index contributed by atoms with van der Waals surface area (Å²) in [5.74, 6) is 1.21. The topological polar surface area (TPSA) is 40.6 Å². The Balaban J connectivity index is 1.44. The van der Waals surface area contributed by atoms with E-state index in [1.165, 1.54) is 12.8 Å². The van der Waals surface area contributed by atoms with E-state index >= 15 is 0 Å². The Morgan fingerprint density at radius 3 is 2.17 bits per heavy atom. The van der Waals surface area contributed by atoms with Crippen LogP contribution in [0.3, 0.4) is 0 Å². The molecular formula is C19H30N2O2. The van der Waals surface area contributed by atoms with Gasteiger partial charge in [0.15, 0.2) is 0 Å². The highest BCUT2D eigenvalue weighted by molar-refractivity contribution is 5.80. The van der Waals surface area contributed by atoms with E-state index in [-0.39, 0.29) is 11.8 Å². The minimum Gasteiger partial charge on any atom is -0.343 e. The quantitative estimate of drug-likeness (QED) is 0.751. The number of amides is 2. The Bertz CT molecular complexity index is 444. The lowest BCUT2D eigenvalue weighted by Crippen LogP contribution is -2.44. The second-order valence-corrected chi connectivity index (χ2v) is 7.36. The maximum absolute atomic E-state index is 12.7. The van der Waals surface area contributed by atoms with Crippen LogP contribution in [-0.4, -0.2) is 47.8 Å². The van der Waals surface area contributed by atoms with Crippen LogP contribution >= 0.6 is 0 Å². The minimum absolute atomic E-state index is 0.142. The summed E-state index contributed by atoms with van der Waals surface area (Å²) >= 11 is 0. The molecule has 0 radical (unpaired) electrons. The van der Waals surface area contributed by atoms with E-state index in [9.17, 15) is 9.59 Å². The first-order valence-corrected chi connectivity index (χ1v) is 9.47. The summed E-state index contributed by atoms with van der Waals surface area (Å²) in [5, 5.41) is 0. The average Bonchev–Trinajstić information content (AvgIpc) is 2.94. The van der Waals surface area contributed by atoms with E-state index in [1.807, 2.05) is 4.90 Å². The van der Waals surface area contributed by atoms with Crippen LogP contribution in [0.15, 0.2) is 12.2 Å². The Morgan fingerprint density at radius 2 is 1.57 bits per heavy atom. The van der Waals surface area contributed by atoms with Crippen molar-refractivity contribution in [2.24, 2.45) is 11.8 Å². The normalized spacial score (nSPS) is 26.3. The Hall–Kier alpha value is -1.32. The SMILES string of the molecule is O=C(CC1C=CCC1)N1CCC(C(=O)N2CCCCCC2)CC1. The largest absolute Gasteiger partial charge is 0.343 e. The van der Waals surface area contributed by atoms with Gasteiger partial charge in [0.2, 0.25) is 11.8 Å². The number of rotatable bonds is 3. The van der Waals surface area contributed by atoms with Crippen LogP contribution in [-0.2, 0) is 9.59 Å². The molecule has 0 bridgehead atoms. The summed E-state index contributed by atoms with van der Waals surface area (Å²) in [4.78, 5) is 29.1. The second kappa shape index (κ2) is 7.98. The highest BCUT2D eigenvalue weighted by atomic mass is 16.2. The number of hydrogen-bond acceptors (Lipinski definition) is 2. The van der Waals surface area contributed by atoms with E-state index in [0.717, 1.165) is 64.7 Å². The van der Waals surface area contributed by atoms with E-state index in [2.05, 4.69) is 17.1 Å². The van der Waals surface area contributed by atoms with E-state index in [1.54, 1.807) is 0 Å². The van der Waals surface area contributed by atoms with Crippen molar-refractivity contribution in [1.82, 2.24) is 9.80 Å². The first-order valence-electron chi connectivity index (χ1n) is 9.47. The van der Waals surface area contributed by atoms with Gasteiger partial charge in [-0.15, -0.1) is 0 Å². The van der Waals surface area contributed by atoms with Crippen LogP contribution in [0.5, 0.6) is 0 Å². The highest BCUT2D eigenvalue weighted by Crippen LogP contribution is 2.25. The third kappa shape index (κ3) is 4.36. The van der Waals surface area contributed by atoms with Gasteiger partial charge >= 0.3 is 0 Å². The lowest BCUT2D eigenvalue weighted by atomic mass is 9.94. The first-order chi connectivity index (χ1) is 11.2. The van der Waals surface area contributed by atoms with Gasteiger partial charge in [0.1, 0.15) is 0 Å². The summed E-state index contributed by atoms with van der Waals surface area (Å²) in [6.45, 7) is 3.40. The molecule has 4 heteroatoms. The van der Waals surface area contributed by atoms with Crippen LogP contribution in [0, 0.1) is 11.8 Å². The van der Waals surface area contributed by atoms with E-state index < -0.39 is 0 Å². The third-order valence-corrected chi connectivity index (χ3v) is 5.66. The van der Waals surface area contributed by atoms with Gasteiger partial charge in [0.25, 0.3) is 0 Å². The molecule has 1 atom stereocenters. The fraction of sp³-hybridized carbons (Fsp3) is 0.789. The Labute approximate surface area is 139 Å². The van der Waals surface area contributed by atoms with Gasteiger partial charge in [0, 0.05) is 38.5 Å². The number of likely N-dealkylation sites (tertiary alicyclic amines) is 2. The molecule has 128 valence electrons. The molecule has 0 aromatic rings. The van der Waals surface area contributed by atoms with Crippen molar-refractivity contribution >= 4 is 11.8 Å². The molecule has 0 spiro atoms. The number of carbonyl (C=O) groups is 2. The summed E-state index contributed by atoms with van der Waals surface area (Å²) in [5.41, 5.74) is 0. The van der Waals surface area contributed by atoms with Crippen LogP contribution in [0.2, 0.25) is 0 Å². The van der Waals surface area contributed by atoms with Crippen molar-refractivity contribution < 1.29 is 9.59 Å². The zero-order valence-electron chi connectivity index (χ0n) is 14.2. The summed E-state index contributed by atoms with van der Waals surface area (Å²) in [7, 11) is 0. The summed E-state index contributed by atoms with van der Waals surface area (Å²) in [6, 6.07) is 0. The lowest BCUT2D eigenvalue weighted by Gasteiger charge is -2.34. The first kappa shape index (κ1) is 16.5. The van der Waals surface area contributed by atoms with Gasteiger partial charge in [-0.1, -0.05) is 25.0 Å². The molecule has 4 nitrogen and oxygen atoms in total. The molecule has 0 aromatic carbocycles. The monoisotopic (exact) mass is 318 g/mol. The molecular weight excluding hydrogens is 288 g/mol. The van der Waals surface area contributed by atoms with Gasteiger partial charge in [-0.05, 0) is 44.4 Å². The number of nitrogens with zero attached hydrogens (tertiary/aromatic N) is 2. The lowest BCUT2D eigenvalue weighted by molar-refractivity contribution is -0.141. The summed E-state index contributed by atoms with van der Waals surface area (Å²) in [6.07, 6.45) is 13.8. The standard InChI is InChI=1S/C19H30N2O2/c22-18(15-16-7-3-4-8-16)20-13-9-17(10-14-20)19(23)21-11-5-1-2-6-12-21/h3,7,16-17H,1-2,4-6,8-15H2. The molecule has 23 heavy (non-hydrogen) atoms. The maximum Gasteiger partial charge on any atom is 0.225 e. The van der Waals surface area contributed by atoms with E-state index in [0.29, 0.717) is 18.2 Å². The number of allylic oxidation sites excluding steroid dienone is 2. The van der Waals surface area contributed by atoms with Crippen LogP contribution in [0.1, 0.15) is 57.8 Å². The fourth-order valence-corrected chi connectivity index (χ4v) is 4.14. The minimum atomic E-state index is 0.142. The molecule has 2 aliphatic heterocycles. The van der Waals surface area contributed by atoms with Crippen molar-refractivity contribution in [1.29, 1.82) is 0 Å². The Morgan fingerprint density at radius 1 is 0.870 bits per heavy atom. The molecule has 0 N–H and O–H groups in total. The Kier molecular flexibility index (Phi) is 5.74. The number of hydrogen-bond donors (Lipinski definition) is 0.